The summed E-state index contributed by atoms with van der Waals surface area (Å²) >= 11 is 0. The van der Waals surface area contributed by atoms with E-state index in [0.717, 1.165) is 38.8 Å². The molecule has 7 heteroatoms. The Morgan fingerprint density at radius 1 is 0.725 bits per heavy atom. The lowest BCUT2D eigenvalue weighted by atomic mass is 9.78. The molecule has 2 atom stereocenters. The molecule has 0 aliphatic rings. The molecule has 0 saturated carbocycles. The molecule has 0 radical (unpaired) electrons. The number of hydrogen-bond donors (Lipinski definition) is 0. The van der Waals surface area contributed by atoms with Crippen LogP contribution in [0.2, 0.25) is 0 Å². The van der Waals surface area contributed by atoms with Crippen LogP contribution in [0, 0.1) is 41.5 Å². The van der Waals surface area contributed by atoms with Crippen LogP contribution in [-0.2, 0) is 14.4 Å². The van der Waals surface area contributed by atoms with Gasteiger partial charge in [0.05, 0.1) is 17.5 Å². The van der Waals surface area contributed by atoms with Gasteiger partial charge >= 0.3 is 10.1 Å². The van der Waals surface area contributed by atoms with Crippen LogP contribution in [0.3, 0.4) is 0 Å². The Kier molecular flexibility index (Phi) is 8.74. The fourth-order valence-corrected chi connectivity index (χ4v) is 6.97. The monoisotopic (exact) mass is 563 g/mol. The molecule has 0 bridgehead atoms. The Morgan fingerprint density at radius 2 is 1.18 bits per heavy atom. The van der Waals surface area contributed by atoms with Gasteiger partial charge in [-0.2, -0.15) is 8.42 Å². The zero-order valence-electron chi connectivity index (χ0n) is 23.8. The van der Waals surface area contributed by atoms with Crippen molar-refractivity contribution >= 4 is 26.6 Å². The third kappa shape index (κ3) is 5.80. The molecular formula is C33H35F2NO3S. The van der Waals surface area contributed by atoms with E-state index in [1.807, 2.05) is 71.9 Å². The standard InChI is InChI=1S/C33H35F2NO3S/c1-20-14-22(3)31(23(4)15-20)28(18-34)33(29(19-35)32-24(5)16-21(2)17-25(32)6)36-39-40(37,38)30-13-9-11-26-10-7-8-12-27(26)30/h7-17,28-29H,18-19H2,1-6H3. The molecule has 0 saturated heterocycles. The minimum absolute atomic E-state index is 0.00100. The number of aryl methyl sites for hydroxylation is 6. The highest BCUT2D eigenvalue weighted by Gasteiger charge is 2.33. The highest BCUT2D eigenvalue weighted by molar-refractivity contribution is 7.87. The van der Waals surface area contributed by atoms with E-state index in [1.54, 1.807) is 30.3 Å². The summed E-state index contributed by atoms with van der Waals surface area (Å²) in [5.41, 5.74) is 6.60. The number of hydrogen-bond acceptors (Lipinski definition) is 4. The average Bonchev–Trinajstić information content (AvgIpc) is 2.89. The smallest absolute Gasteiger partial charge is 0.265 e. The van der Waals surface area contributed by atoms with E-state index in [2.05, 4.69) is 5.16 Å². The van der Waals surface area contributed by atoms with Gasteiger partial charge in [0.2, 0.25) is 0 Å². The molecule has 0 fully saturated rings. The van der Waals surface area contributed by atoms with E-state index >= 15 is 8.78 Å². The summed E-state index contributed by atoms with van der Waals surface area (Å²) in [4.78, 5) is -0.0623. The Hall–Kier alpha value is -3.58. The molecule has 0 N–H and O–H groups in total. The summed E-state index contributed by atoms with van der Waals surface area (Å²) in [6.45, 7) is 9.58. The molecule has 0 heterocycles. The van der Waals surface area contributed by atoms with E-state index in [1.165, 1.54) is 6.07 Å². The second-order valence-corrected chi connectivity index (χ2v) is 12.1. The quantitative estimate of drug-likeness (QED) is 0.152. The second kappa shape index (κ2) is 11.9. The van der Waals surface area contributed by atoms with Crippen molar-refractivity contribution in [2.45, 2.75) is 58.3 Å². The molecule has 0 aromatic heterocycles. The van der Waals surface area contributed by atoms with Crippen molar-refractivity contribution in [2.24, 2.45) is 5.16 Å². The minimum Gasteiger partial charge on any atom is -0.265 e. The number of oxime groups is 1. The first-order valence-electron chi connectivity index (χ1n) is 13.2. The maximum atomic E-state index is 15.1. The topological polar surface area (TPSA) is 55.7 Å². The zero-order chi connectivity index (χ0) is 29.2. The Balaban J connectivity index is 1.93. The number of benzene rings is 4. The summed E-state index contributed by atoms with van der Waals surface area (Å²) in [6, 6.07) is 19.6. The lowest BCUT2D eigenvalue weighted by Gasteiger charge is -2.27. The average molecular weight is 564 g/mol. The third-order valence-corrected chi connectivity index (χ3v) is 8.62. The molecule has 4 aromatic carbocycles. The summed E-state index contributed by atoms with van der Waals surface area (Å²) in [5, 5.41) is 5.32. The van der Waals surface area contributed by atoms with Gasteiger partial charge < -0.3 is 0 Å². The zero-order valence-corrected chi connectivity index (χ0v) is 24.6. The van der Waals surface area contributed by atoms with Gasteiger partial charge in [-0.05, 0) is 86.4 Å². The number of alkyl halides is 2. The van der Waals surface area contributed by atoms with Crippen LogP contribution in [0.15, 0.2) is 76.8 Å². The lowest BCUT2D eigenvalue weighted by Crippen LogP contribution is -2.27. The van der Waals surface area contributed by atoms with Gasteiger partial charge in [-0.1, -0.05) is 76.9 Å². The maximum absolute atomic E-state index is 15.1. The van der Waals surface area contributed by atoms with Crippen LogP contribution in [0.25, 0.3) is 10.8 Å². The molecule has 0 aliphatic heterocycles. The molecule has 4 aromatic rings. The van der Waals surface area contributed by atoms with E-state index in [9.17, 15) is 8.42 Å². The number of halogens is 2. The maximum Gasteiger partial charge on any atom is 0.359 e. The van der Waals surface area contributed by atoms with E-state index in [0.29, 0.717) is 16.5 Å². The summed E-state index contributed by atoms with van der Waals surface area (Å²) in [6.07, 6.45) is 0. The van der Waals surface area contributed by atoms with Crippen molar-refractivity contribution in [1.82, 2.24) is 0 Å². The highest BCUT2D eigenvalue weighted by atomic mass is 32.2. The van der Waals surface area contributed by atoms with Crippen LogP contribution >= 0.6 is 0 Å². The van der Waals surface area contributed by atoms with Gasteiger partial charge in [0, 0.05) is 5.39 Å². The first-order valence-corrected chi connectivity index (χ1v) is 14.7. The largest absolute Gasteiger partial charge is 0.359 e. The van der Waals surface area contributed by atoms with Crippen molar-refractivity contribution in [2.75, 3.05) is 13.3 Å². The molecule has 4 rings (SSSR count). The van der Waals surface area contributed by atoms with Gasteiger partial charge in [-0.15, -0.1) is 0 Å². The van der Waals surface area contributed by atoms with Gasteiger partial charge in [-0.3, -0.25) is 13.1 Å². The van der Waals surface area contributed by atoms with Crippen LogP contribution in [0.4, 0.5) is 8.78 Å². The van der Waals surface area contributed by atoms with E-state index in [4.69, 9.17) is 4.28 Å². The highest BCUT2D eigenvalue weighted by Crippen LogP contribution is 2.36. The predicted molar refractivity (Wildman–Crippen MR) is 158 cm³/mol. The Morgan fingerprint density at radius 3 is 1.65 bits per heavy atom. The van der Waals surface area contributed by atoms with E-state index in [-0.39, 0.29) is 10.6 Å². The second-order valence-electron chi connectivity index (χ2n) is 10.6. The number of nitrogens with zero attached hydrogens (tertiary/aromatic N) is 1. The molecule has 4 nitrogen and oxygen atoms in total. The first kappa shape index (κ1) is 29.4. The van der Waals surface area contributed by atoms with E-state index < -0.39 is 35.3 Å². The van der Waals surface area contributed by atoms with Gasteiger partial charge in [0.25, 0.3) is 0 Å². The molecule has 40 heavy (non-hydrogen) atoms. The number of rotatable bonds is 9. The normalized spacial score (nSPS) is 13.2. The molecular weight excluding hydrogens is 528 g/mol. The first-order chi connectivity index (χ1) is 19.0. The SMILES string of the molecule is Cc1cc(C)c(C(CF)C(=NOS(=O)(=O)c2cccc3ccccc23)C(CF)c2c(C)cc(C)cc2C)c(C)c1. The molecule has 0 aliphatic carbocycles. The third-order valence-electron chi connectivity index (χ3n) is 7.46. The van der Waals surface area contributed by atoms with Crippen molar-refractivity contribution < 1.29 is 21.5 Å². The van der Waals surface area contributed by atoms with Gasteiger partial charge in [0.1, 0.15) is 18.2 Å². The van der Waals surface area contributed by atoms with Crippen LogP contribution < -0.4 is 0 Å². The van der Waals surface area contributed by atoms with Crippen molar-refractivity contribution in [3.8, 4) is 0 Å². The van der Waals surface area contributed by atoms with Crippen molar-refractivity contribution in [1.29, 1.82) is 0 Å². The molecule has 210 valence electrons. The van der Waals surface area contributed by atoms with Crippen molar-refractivity contribution in [3.05, 3.63) is 111 Å². The summed E-state index contributed by atoms with van der Waals surface area (Å²) in [7, 11) is -4.42. The fraction of sp³-hybridized carbons (Fsp3) is 0.303. The van der Waals surface area contributed by atoms with Crippen molar-refractivity contribution in [3.63, 3.8) is 0 Å². The van der Waals surface area contributed by atoms with Crippen LogP contribution in [0.5, 0.6) is 0 Å². The van der Waals surface area contributed by atoms with Gasteiger partial charge in [0.15, 0.2) is 0 Å². The minimum atomic E-state index is -4.42. The van der Waals surface area contributed by atoms with Crippen LogP contribution in [0.1, 0.15) is 56.3 Å². The molecule has 0 amide bonds. The molecule has 2 unspecified atom stereocenters. The van der Waals surface area contributed by atoms with Gasteiger partial charge in [-0.25, -0.2) is 0 Å². The summed E-state index contributed by atoms with van der Waals surface area (Å²) < 4.78 is 62.4. The predicted octanol–water partition coefficient (Wildman–Crippen LogP) is 8.26. The Bertz CT molecular complexity index is 1580. The van der Waals surface area contributed by atoms with Crippen LogP contribution in [-0.4, -0.2) is 27.5 Å². The Labute approximate surface area is 235 Å². The summed E-state index contributed by atoms with van der Waals surface area (Å²) in [5.74, 6) is -2.02. The lowest BCUT2D eigenvalue weighted by molar-refractivity contribution is 0.330. The fourth-order valence-electron chi connectivity index (χ4n) is 6.01. The number of fused-ring (bicyclic) bond motifs is 1. The molecule has 0 spiro atoms.